The highest BCUT2D eigenvalue weighted by atomic mass is 32.1. The maximum atomic E-state index is 12.3. The van der Waals surface area contributed by atoms with Gasteiger partial charge in [-0.3, -0.25) is 9.69 Å². The third-order valence-corrected chi connectivity index (χ3v) is 4.18. The van der Waals surface area contributed by atoms with Gasteiger partial charge in [0.1, 0.15) is 4.88 Å². The van der Waals surface area contributed by atoms with Gasteiger partial charge in [0.05, 0.1) is 6.20 Å². The second-order valence-corrected chi connectivity index (χ2v) is 6.06. The minimum absolute atomic E-state index is 0.0551. The third-order valence-electron chi connectivity index (χ3n) is 3.36. The summed E-state index contributed by atoms with van der Waals surface area (Å²) in [7, 11) is 0. The van der Waals surface area contributed by atoms with E-state index in [1.165, 1.54) is 11.3 Å². The van der Waals surface area contributed by atoms with Crippen LogP contribution in [-0.2, 0) is 0 Å². The Labute approximate surface area is 112 Å². The van der Waals surface area contributed by atoms with Crippen molar-refractivity contribution in [1.82, 2.24) is 14.8 Å². The topological polar surface area (TPSA) is 62.5 Å². The van der Waals surface area contributed by atoms with Gasteiger partial charge in [0.2, 0.25) is 0 Å². The molecule has 0 spiro atoms. The third kappa shape index (κ3) is 2.64. The standard InChI is InChI=1S/C12H20N4OS/c1-8(2)16-5-4-15(7-9(16)3)11(17)10-6-14-12(13)18-10/h6,8-9H,4-5,7H2,1-3H3,(H2,13,14)/t9-/m0/s1. The first-order chi connectivity index (χ1) is 8.49. The van der Waals surface area contributed by atoms with Crippen LogP contribution in [0.4, 0.5) is 5.13 Å². The predicted octanol–water partition coefficient (Wildman–Crippen LogP) is 1.28. The number of piperazine rings is 1. The number of aromatic nitrogens is 1. The molecule has 1 aromatic heterocycles. The number of hydrogen-bond donors (Lipinski definition) is 1. The van der Waals surface area contributed by atoms with Crippen molar-refractivity contribution in [3.8, 4) is 0 Å². The van der Waals surface area contributed by atoms with Crippen molar-refractivity contribution in [3.63, 3.8) is 0 Å². The van der Waals surface area contributed by atoms with Crippen molar-refractivity contribution < 1.29 is 4.79 Å². The molecule has 0 radical (unpaired) electrons. The van der Waals surface area contributed by atoms with Gasteiger partial charge in [-0.15, -0.1) is 0 Å². The molecule has 0 aromatic carbocycles. The van der Waals surface area contributed by atoms with E-state index in [4.69, 9.17) is 5.73 Å². The number of nitrogens with zero attached hydrogens (tertiary/aromatic N) is 3. The Morgan fingerprint density at radius 2 is 2.28 bits per heavy atom. The first kappa shape index (κ1) is 13.3. The summed E-state index contributed by atoms with van der Waals surface area (Å²) in [5, 5.41) is 0.451. The lowest BCUT2D eigenvalue weighted by molar-refractivity contribution is 0.0430. The fraction of sp³-hybridized carbons (Fsp3) is 0.667. The molecule has 1 aliphatic rings. The molecule has 5 nitrogen and oxygen atoms in total. The predicted molar refractivity (Wildman–Crippen MR) is 73.7 cm³/mol. The van der Waals surface area contributed by atoms with Crippen molar-refractivity contribution in [1.29, 1.82) is 0 Å². The van der Waals surface area contributed by atoms with Crippen LogP contribution in [0.25, 0.3) is 0 Å². The average Bonchev–Trinajstić information content (AvgIpc) is 2.74. The molecule has 6 heteroatoms. The maximum Gasteiger partial charge on any atom is 0.265 e. The molecule has 1 fully saturated rings. The smallest absolute Gasteiger partial charge is 0.265 e. The fourth-order valence-electron chi connectivity index (χ4n) is 2.47. The largest absolute Gasteiger partial charge is 0.375 e. The zero-order valence-corrected chi connectivity index (χ0v) is 11.9. The van der Waals surface area contributed by atoms with Gasteiger partial charge in [-0.1, -0.05) is 11.3 Å². The first-order valence-electron chi connectivity index (χ1n) is 6.25. The molecule has 1 aliphatic heterocycles. The molecule has 100 valence electrons. The Bertz CT molecular complexity index is 431. The monoisotopic (exact) mass is 268 g/mol. The number of thiazole rings is 1. The molecule has 0 bridgehead atoms. The molecule has 0 unspecified atom stereocenters. The molecular weight excluding hydrogens is 248 g/mol. The van der Waals surface area contributed by atoms with Crippen LogP contribution < -0.4 is 5.73 Å². The van der Waals surface area contributed by atoms with E-state index >= 15 is 0 Å². The number of rotatable bonds is 2. The van der Waals surface area contributed by atoms with Crippen LogP contribution in [0.15, 0.2) is 6.20 Å². The lowest BCUT2D eigenvalue weighted by Gasteiger charge is -2.41. The Morgan fingerprint density at radius 1 is 1.56 bits per heavy atom. The minimum Gasteiger partial charge on any atom is -0.375 e. The SMILES string of the molecule is CC(C)N1CCN(C(=O)c2cnc(N)s2)C[C@@H]1C. The molecule has 1 atom stereocenters. The lowest BCUT2D eigenvalue weighted by Crippen LogP contribution is -2.55. The molecule has 1 saturated heterocycles. The van der Waals surface area contributed by atoms with Crippen LogP contribution in [0.5, 0.6) is 0 Å². The van der Waals surface area contributed by atoms with E-state index in [2.05, 4.69) is 30.7 Å². The number of carbonyl (C=O) groups excluding carboxylic acids is 1. The summed E-state index contributed by atoms with van der Waals surface area (Å²) in [5.41, 5.74) is 5.56. The highest BCUT2D eigenvalue weighted by Crippen LogP contribution is 2.19. The molecular formula is C12H20N4OS. The van der Waals surface area contributed by atoms with Gasteiger partial charge in [-0.2, -0.15) is 0 Å². The average molecular weight is 268 g/mol. The van der Waals surface area contributed by atoms with Crippen LogP contribution in [0, 0.1) is 0 Å². The Hall–Kier alpha value is -1.14. The van der Waals surface area contributed by atoms with E-state index in [-0.39, 0.29) is 5.91 Å². The van der Waals surface area contributed by atoms with Crippen LogP contribution in [-0.4, -0.2) is 52.4 Å². The van der Waals surface area contributed by atoms with Crippen molar-refractivity contribution in [2.24, 2.45) is 0 Å². The molecule has 18 heavy (non-hydrogen) atoms. The molecule has 2 heterocycles. The fourth-order valence-corrected chi connectivity index (χ4v) is 3.12. The quantitative estimate of drug-likeness (QED) is 0.877. The molecule has 1 aromatic rings. The number of anilines is 1. The summed E-state index contributed by atoms with van der Waals surface area (Å²) in [4.78, 5) is 21.1. The number of amides is 1. The lowest BCUT2D eigenvalue weighted by atomic mass is 10.1. The van der Waals surface area contributed by atoms with Gasteiger partial charge in [0.25, 0.3) is 5.91 Å². The van der Waals surface area contributed by atoms with E-state index in [0.717, 1.165) is 19.6 Å². The normalized spacial score (nSPS) is 21.6. The van der Waals surface area contributed by atoms with E-state index in [1.54, 1.807) is 6.20 Å². The van der Waals surface area contributed by atoms with Gasteiger partial charge in [0, 0.05) is 31.7 Å². The first-order valence-corrected chi connectivity index (χ1v) is 7.07. The molecule has 1 amide bonds. The number of carbonyl (C=O) groups is 1. The van der Waals surface area contributed by atoms with Crippen LogP contribution in [0.1, 0.15) is 30.4 Å². The number of nitrogen functional groups attached to an aromatic ring is 1. The number of hydrogen-bond acceptors (Lipinski definition) is 5. The summed E-state index contributed by atoms with van der Waals surface area (Å²) in [6.45, 7) is 9.03. The second kappa shape index (κ2) is 5.24. The van der Waals surface area contributed by atoms with Crippen LogP contribution in [0.2, 0.25) is 0 Å². The van der Waals surface area contributed by atoms with Gasteiger partial charge in [-0.05, 0) is 20.8 Å². The summed E-state index contributed by atoms with van der Waals surface area (Å²) < 4.78 is 0. The van der Waals surface area contributed by atoms with E-state index < -0.39 is 0 Å². The van der Waals surface area contributed by atoms with E-state index in [1.807, 2.05) is 4.90 Å². The van der Waals surface area contributed by atoms with Crippen LogP contribution >= 0.6 is 11.3 Å². The highest BCUT2D eigenvalue weighted by Gasteiger charge is 2.29. The molecule has 0 saturated carbocycles. The van der Waals surface area contributed by atoms with Crippen molar-refractivity contribution in [2.75, 3.05) is 25.4 Å². The summed E-state index contributed by atoms with van der Waals surface area (Å²) in [6, 6.07) is 0.921. The molecule has 0 aliphatic carbocycles. The summed E-state index contributed by atoms with van der Waals surface area (Å²) in [6.07, 6.45) is 1.57. The van der Waals surface area contributed by atoms with Crippen LogP contribution in [0.3, 0.4) is 0 Å². The Morgan fingerprint density at radius 3 is 2.78 bits per heavy atom. The second-order valence-electron chi connectivity index (χ2n) is 4.99. The van der Waals surface area contributed by atoms with Gasteiger partial charge < -0.3 is 10.6 Å². The summed E-state index contributed by atoms with van der Waals surface area (Å²) in [5.74, 6) is 0.0551. The Kier molecular flexibility index (Phi) is 3.87. The Balaban J connectivity index is 2.02. The highest BCUT2D eigenvalue weighted by molar-refractivity contribution is 7.17. The van der Waals surface area contributed by atoms with Crippen molar-refractivity contribution in [3.05, 3.63) is 11.1 Å². The van der Waals surface area contributed by atoms with Gasteiger partial charge in [0.15, 0.2) is 5.13 Å². The minimum atomic E-state index is 0.0551. The van der Waals surface area contributed by atoms with Crippen molar-refractivity contribution in [2.45, 2.75) is 32.9 Å². The summed E-state index contributed by atoms with van der Waals surface area (Å²) >= 11 is 1.26. The zero-order chi connectivity index (χ0) is 13.3. The van der Waals surface area contributed by atoms with Gasteiger partial charge in [-0.25, -0.2) is 4.98 Å². The van der Waals surface area contributed by atoms with Gasteiger partial charge >= 0.3 is 0 Å². The van der Waals surface area contributed by atoms with Crippen molar-refractivity contribution >= 4 is 22.4 Å². The maximum absolute atomic E-state index is 12.3. The molecule has 2 N–H and O–H groups in total. The zero-order valence-electron chi connectivity index (χ0n) is 11.1. The molecule has 2 rings (SSSR count). The van der Waals surface area contributed by atoms with E-state index in [0.29, 0.717) is 22.1 Å². The number of nitrogens with two attached hydrogens (primary N) is 1. The van der Waals surface area contributed by atoms with E-state index in [9.17, 15) is 4.79 Å².